The summed E-state index contributed by atoms with van der Waals surface area (Å²) in [4.78, 5) is 2.50. The molecule has 0 spiro atoms. The van der Waals surface area contributed by atoms with Gasteiger partial charge in [-0.25, -0.2) is 0 Å². The van der Waals surface area contributed by atoms with Crippen molar-refractivity contribution in [2.24, 2.45) is 0 Å². The third-order valence-electron chi connectivity index (χ3n) is 3.10. The first kappa shape index (κ1) is 11.6. The van der Waals surface area contributed by atoms with E-state index in [0.717, 1.165) is 45.7 Å². The van der Waals surface area contributed by atoms with E-state index in [9.17, 15) is 0 Å². The number of nitrogens with zero attached hydrogens (tertiary/aromatic N) is 3. The van der Waals surface area contributed by atoms with Crippen LogP contribution in [-0.2, 0) is 13.1 Å². The quantitative estimate of drug-likeness (QED) is 0.825. The van der Waals surface area contributed by atoms with Gasteiger partial charge in [0.15, 0.2) is 0 Å². The molecule has 1 saturated heterocycles. The smallest absolute Gasteiger partial charge is 0.0638 e. The highest BCUT2D eigenvalue weighted by Crippen LogP contribution is 2.10. The summed E-state index contributed by atoms with van der Waals surface area (Å²) in [5.41, 5.74) is 2.57. The number of piperazine rings is 1. The van der Waals surface area contributed by atoms with Crippen LogP contribution in [0.4, 0.5) is 0 Å². The summed E-state index contributed by atoms with van der Waals surface area (Å²) in [6.07, 6.45) is 3.36. The van der Waals surface area contributed by atoms with Crippen molar-refractivity contribution < 1.29 is 0 Å². The van der Waals surface area contributed by atoms with Crippen LogP contribution in [0.15, 0.2) is 6.20 Å². The molecule has 0 aliphatic carbocycles. The normalized spacial score (nSPS) is 17.9. The van der Waals surface area contributed by atoms with Crippen molar-refractivity contribution in [3.05, 3.63) is 17.5 Å². The molecule has 4 nitrogen and oxygen atoms in total. The molecule has 4 heteroatoms. The largest absolute Gasteiger partial charge is 0.314 e. The molecular formula is C12H22N4. The van der Waals surface area contributed by atoms with Crippen LogP contribution in [0.5, 0.6) is 0 Å². The summed E-state index contributed by atoms with van der Waals surface area (Å²) < 4.78 is 2.08. The van der Waals surface area contributed by atoms with Crippen LogP contribution in [0, 0.1) is 6.92 Å². The second-order valence-electron chi connectivity index (χ2n) is 4.53. The lowest BCUT2D eigenvalue weighted by atomic mass is 10.2. The Hall–Kier alpha value is -0.870. The molecular weight excluding hydrogens is 200 g/mol. The Labute approximate surface area is 97.6 Å². The van der Waals surface area contributed by atoms with E-state index in [0.29, 0.717) is 0 Å². The number of aryl methyl sites for hydroxylation is 2. The van der Waals surface area contributed by atoms with Gasteiger partial charge < -0.3 is 5.32 Å². The molecule has 1 N–H and O–H groups in total. The molecule has 0 bridgehead atoms. The first-order chi connectivity index (χ1) is 7.79. The van der Waals surface area contributed by atoms with Crippen LogP contribution in [0.1, 0.15) is 24.6 Å². The third-order valence-corrected chi connectivity index (χ3v) is 3.10. The molecule has 16 heavy (non-hydrogen) atoms. The molecule has 1 aliphatic rings. The van der Waals surface area contributed by atoms with Crippen LogP contribution >= 0.6 is 0 Å². The van der Waals surface area contributed by atoms with Crippen LogP contribution in [0.2, 0.25) is 0 Å². The van der Waals surface area contributed by atoms with E-state index >= 15 is 0 Å². The molecule has 1 aromatic heterocycles. The summed E-state index contributed by atoms with van der Waals surface area (Å²) >= 11 is 0. The average molecular weight is 222 g/mol. The molecule has 1 fully saturated rings. The molecule has 0 unspecified atom stereocenters. The predicted molar refractivity (Wildman–Crippen MR) is 65.4 cm³/mol. The Morgan fingerprint density at radius 3 is 2.81 bits per heavy atom. The van der Waals surface area contributed by atoms with Crippen molar-refractivity contribution in [2.45, 2.75) is 33.4 Å². The van der Waals surface area contributed by atoms with Gasteiger partial charge in [-0.15, -0.1) is 0 Å². The maximum atomic E-state index is 4.54. The Kier molecular flexibility index (Phi) is 3.96. The topological polar surface area (TPSA) is 33.1 Å². The minimum Gasteiger partial charge on any atom is -0.314 e. The maximum absolute atomic E-state index is 4.54. The van der Waals surface area contributed by atoms with E-state index in [1.165, 1.54) is 11.3 Å². The van der Waals surface area contributed by atoms with E-state index in [1.54, 1.807) is 0 Å². The van der Waals surface area contributed by atoms with Gasteiger partial charge in [-0.2, -0.15) is 5.10 Å². The average Bonchev–Trinajstić information content (AvgIpc) is 2.61. The lowest BCUT2D eigenvalue weighted by molar-refractivity contribution is 0.233. The lowest BCUT2D eigenvalue weighted by Gasteiger charge is -2.26. The second kappa shape index (κ2) is 5.46. The summed E-state index contributed by atoms with van der Waals surface area (Å²) in [7, 11) is 0. The van der Waals surface area contributed by atoms with E-state index in [-0.39, 0.29) is 0 Å². The first-order valence-corrected chi connectivity index (χ1v) is 6.25. The Morgan fingerprint density at radius 2 is 2.12 bits per heavy atom. The molecule has 0 amide bonds. The van der Waals surface area contributed by atoms with E-state index < -0.39 is 0 Å². The molecule has 90 valence electrons. The van der Waals surface area contributed by atoms with Gasteiger partial charge in [-0.05, 0) is 13.3 Å². The zero-order valence-corrected chi connectivity index (χ0v) is 10.4. The highest BCUT2D eigenvalue weighted by atomic mass is 15.3. The fourth-order valence-corrected chi connectivity index (χ4v) is 2.17. The number of nitrogens with one attached hydrogen (secondary N) is 1. The Morgan fingerprint density at radius 1 is 1.38 bits per heavy atom. The maximum Gasteiger partial charge on any atom is 0.0638 e. The Balaban J connectivity index is 1.96. The molecule has 2 heterocycles. The van der Waals surface area contributed by atoms with Crippen LogP contribution in [0.25, 0.3) is 0 Å². The molecule has 0 aromatic carbocycles. The molecule has 0 radical (unpaired) electrons. The predicted octanol–water partition coefficient (Wildman–Crippen LogP) is 1.01. The zero-order valence-electron chi connectivity index (χ0n) is 10.4. The summed E-state index contributed by atoms with van der Waals surface area (Å²) in [5, 5.41) is 7.92. The van der Waals surface area contributed by atoms with E-state index in [2.05, 4.69) is 40.0 Å². The van der Waals surface area contributed by atoms with Crippen LogP contribution < -0.4 is 5.32 Å². The molecule has 2 rings (SSSR count). The number of hydrogen-bond acceptors (Lipinski definition) is 3. The van der Waals surface area contributed by atoms with Gasteiger partial charge >= 0.3 is 0 Å². The molecule has 1 aliphatic heterocycles. The van der Waals surface area contributed by atoms with Crippen molar-refractivity contribution >= 4 is 0 Å². The minimum absolute atomic E-state index is 1.03. The van der Waals surface area contributed by atoms with Gasteiger partial charge in [-0.3, -0.25) is 9.58 Å². The standard InChI is InChI=1S/C12H22N4/c1-3-6-16-10-12(11(2)14-16)9-15-7-4-13-5-8-15/h10,13H,3-9H2,1-2H3. The number of hydrogen-bond donors (Lipinski definition) is 1. The lowest BCUT2D eigenvalue weighted by Crippen LogP contribution is -2.42. The second-order valence-corrected chi connectivity index (χ2v) is 4.53. The Bertz CT molecular complexity index is 326. The highest BCUT2D eigenvalue weighted by Gasteiger charge is 2.12. The van der Waals surface area contributed by atoms with E-state index in [4.69, 9.17) is 0 Å². The monoisotopic (exact) mass is 222 g/mol. The van der Waals surface area contributed by atoms with Gasteiger partial charge in [0.1, 0.15) is 0 Å². The van der Waals surface area contributed by atoms with Crippen molar-refractivity contribution in [1.29, 1.82) is 0 Å². The highest BCUT2D eigenvalue weighted by molar-refractivity contribution is 5.15. The van der Waals surface area contributed by atoms with Gasteiger partial charge in [0.2, 0.25) is 0 Å². The first-order valence-electron chi connectivity index (χ1n) is 6.25. The van der Waals surface area contributed by atoms with Crippen LogP contribution in [-0.4, -0.2) is 40.9 Å². The van der Waals surface area contributed by atoms with Crippen molar-refractivity contribution in [3.63, 3.8) is 0 Å². The molecule has 1 aromatic rings. The van der Waals surface area contributed by atoms with Crippen molar-refractivity contribution in [3.8, 4) is 0 Å². The summed E-state index contributed by atoms with van der Waals surface area (Å²) in [6, 6.07) is 0. The number of rotatable bonds is 4. The van der Waals surface area contributed by atoms with Crippen molar-refractivity contribution in [1.82, 2.24) is 20.0 Å². The zero-order chi connectivity index (χ0) is 11.4. The van der Waals surface area contributed by atoms with Gasteiger partial charge in [0.05, 0.1) is 5.69 Å². The fraction of sp³-hybridized carbons (Fsp3) is 0.750. The molecule has 0 atom stereocenters. The van der Waals surface area contributed by atoms with Crippen LogP contribution in [0.3, 0.4) is 0 Å². The SMILES string of the molecule is CCCn1cc(CN2CCNCC2)c(C)n1. The summed E-state index contributed by atoms with van der Waals surface area (Å²) in [6.45, 7) is 10.9. The van der Waals surface area contributed by atoms with Crippen molar-refractivity contribution in [2.75, 3.05) is 26.2 Å². The fourth-order valence-electron chi connectivity index (χ4n) is 2.17. The summed E-state index contributed by atoms with van der Waals surface area (Å²) in [5.74, 6) is 0. The number of aromatic nitrogens is 2. The van der Waals surface area contributed by atoms with Gasteiger partial charge in [0.25, 0.3) is 0 Å². The van der Waals surface area contributed by atoms with Gasteiger partial charge in [0, 0.05) is 51.0 Å². The van der Waals surface area contributed by atoms with E-state index in [1.807, 2.05) is 0 Å². The minimum atomic E-state index is 1.03. The molecule has 0 saturated carbocycles. The van der Waals surface area contributed by atoms with Gasteiger partial charge in [-0.1, -0.05) is 6.92 Å². The third kappa shape index (κ3) is 2.83.